The smallest absolute Gasteiger partial charge is 0.317 e. The third-order valence-corrected chi connectivity index (χ3v) is 5.18. The van der Waals surface area contributed by atoms with Gasteiger partial charge in [-0.05, 0) is 44.5 Å². The molecule has 2 amide bonds. The monoisotopic (exact) mass is 372 g/mol. The number of hydrogen-bond donors (Lipinski definition) is 2. The molecular formula is C19H28N6O2. The lowest BCUT2D eigenvalue weighted by Gasteiger charge is -2.35. The van der Waals surface area contributed by atoms with Gasteiger partial charge in [-0.2, -0.15) is 5.26 Å². The second-order valence-corrected chi connectivity index (χ2v) is 7.14. The molecule has 3 heterocycles. The van der Waals surface area contributed by atoms with E-state index in [4.69, 9.17) is 0 Å². The number of hydrogen-bond acceptors (Lipinski definition) is 6. The van der Waals surface area contributed by atoms with Gasteiger partial charge in [0, 0.05) is 45.5 Å². The molecule has 0 radical (unpaired) electrons. The first-order chi connectivity index (χ1) is 13.2. The number of amides is 2. The number of aliphatic hydroxyl groups excluding tert-OH is 1. The van der Waals surface area contributed by atoms with Gasteiger partial charge in [0.25, 0.3) is 0 Å². The maximum Gasteiger partial charge on any atom is 0.317 e. The number of aliphatic hydroxyl groups is 1. The summed E-state index contributed by atoms with van der Waals surface area (Å²) in [5.74, 6) is 0.698. The van der Waals surface area contributed by atoms with Gasteiger partial charge in [0.2, 0.25) is 0 Å². The number of anilines is 1. The molecule has 2 saturated heterocycles. The first-order valence-electron chi connectivity index (χ1n) is 9.70. The van der Waals surface area contributed by atoms with E-state index in [1.165, 1.54) is 0 Å². The van der Waals surface area contributed by atoms with E-state index in [0.717, 1.165) is 38.9 Å². The fourth-order valence-electron chi connectivity index (χ4n) is 3.70. The lowest BCUT2D eigenvalue weighted by atomic mass is 10.1. The van der Waals surface area contributed by atoms with E-state index in [0.29, 0.717) is 44.1 Å². The van der Waals surface area contributed by atoms with Gasteiger partial charge in [-0.25, -0.2) is 9.78 Å². The minimum absolute atomic E-state index is 0.0325. The Labute approximate surface area is 160 Å². The van der Waals surface area contributed by atoms with Crippen molar-refractivity contribution in [1.29, 1.82) is 5.26 Å². The highest BCUT2D eigenvalue weighted by molar-refractivity contribution is 5.74. The Bertz CT molecular complexity index is 668. The van der Waals surface area contributed by atoms with Crippen LogP contribution in [-0.4, -0.2) is 84.4 Å². The van der Waals surface area contributed by atoms with Crippen molar-refractivity contribution < 1.29 is 9.90 Å². The van der Waals surface area contributed by atoms with E-state index in [-0.39, 0.29) is 12.1 Å². The van der Waals surface area contributed by atoms with E-state index < -0.39 is 0 Å². The minimum atomic E-state index is -0.203. The quantitative estimate of drug-likeness (QED) is 0.736. The Kier molecular flexibility index (Phi) is 6.85. The van der Waals surface area contributed by atoms with Crippen molar-refractivity contribution in [2.75, 3.05) is 57.3 Å². The number of urea groups is 1. The average Bonchev–Trinajstić information content (AvgIpc) is 2.71. The van der Waals surface area contributed by atoms with E-state index >= 15 is 0 Å². The second kappa shape index (κ2) is 9.53. The summed E-state index contributed by atoms with van der Waals surface area (Å²) in [6, 6.07) is 5.67. The number of pyridine rings is 1. The van der Waals surface area contributed by atoms with Crippen LogP contribution >= 0.6 is 0 Å². The van der Waals surface area contributed by atoms with Gasteiger partial charge in [-0.3, -0.25) is 0 Å². The van der Waals surface area contributed by atoms with Crippen molar-refractivity contribution in [3.8, 4) is 6.07 Å². The lowest BCUT2D eigenvalue weighted by Crippen LogP contribution is -2.52. The van der Waals surface area contributed by atoms with Crippen LogP contribution in [0.4, 0.5) is 10.6 Å². The number of likely N-dealkylation sites (tertiary alicyclic amines) is 1. The van der Waals surface area contributed by atoms with Crippen molar-refractivity contribution >= 4 is 11.8 Å². The Morgan fingerprint density at radius 3 is 2.89 bits per heavy atom. The van der Waals surface area contributed by atoms with Gasteiger partial charge in [0.1, 0.15) is 11.9 Å². The number of carbonyl (C=O) groups excluding carboxylic acids is 1. The first kappa shape index (κ1) is 19.4. The molecule has 2 aliphatic heterocycles. The molecule has 2 N–H and O–H groups in total. The van der Waals surface area contributed by atoms with Crippen LogP contribution in [0.25, 0.3) is 0 Å². The van der Waals surface area contributed by atoms with Crippen LogP contribution < -0.4 is 10.2 Å². The highest BCUT2D eigenvalue weighted by Gasteiger charge is 2.23. The van der Waals surface area contributed by atoms with Crippen LogP contribution in [-0.2, 0) is 0 Å². The number of β-amino-alcohol motifs (C(OH)–C–C–N with tert-alkyl or cyclic N) is 1. The van der Waals surface area contributed by atoms with Crippen LogP contribution in [0.5, 0.6) is 0 Å². The Morgan fingerprint density at radius 2 is 2.15 bits per heavy atom. The predicted molar refractivity (Wildman–Crippen MR) is 102 cm³/mol. The molecule has 2 aliphatic rings. The molecule has 8 heteroatoms. The molecule has 0 bridgehead atoms. The summed E-state index contributed by atoms with van der Waals surface area (Å²) < 4.78 is 0. The molecule has 146 valence electrons. The standard InChI is InChI=1S/C19H28N6O2/c20-14-16-4-1-6-21-18(16)24-10-12-25(13-11-24)19(27)22-7-3-9-23-8-2-5-17(26)15-23/h1,4,6,17,26H,2-3,5,7-13,15H2,(H,22,27)/t17-/m1/s1. The van der Waals surface area contributed by atoms with Crippen LogP contribution in [0.1, 0.15) is 24.8 Å². The van der Waals surface area contributed by atoms with Gasteiger partial charge in [-0.1, -0.05) is 0 Å². The molecule has 3 rings (SSSR count). The van der Waals surface area contributed by atoms with E-state index in [2.05, 4.69) is 26.2 Å². The molecule has 8 nitrogen and oxygen atoms in total. The minimum Gasteiger partial charge on any atom is -0.392 e. The fraction of sp³-hybridized carbons (Fsp3) is 0.632. The van der Waals surface area contributed by atoms with Gasteiger partial charge >= 0.3 is 6.03 Å². The third kappa shape index (κ3) is 5.31. The molecule has 1 aromatic rings. The second-order valence-electron chi connectivity index (χ2n) is 7.14. The average molecular weight is 372 g/mol. The molecule has 0 unspecified atom stereocenters. The van der Waals surface area contributed by atoms with E-state index in [1.807, 2.05) is 4.90 Å². The summed E-state index contributed by atoms with van der Waals surface area (Å²) in [5.41, 5.74) is 0.568. The summed E-state index contributed by atoms with van der Waals surface area (Å²) in [4.78, 5) is 22.8. The number of nitrogens with zero attached hydrogens (tertiary/aromatic N) is 5. The van der Waals surface area contributed by atoms with Crippen molar-refractivity contribution in [3.05, 3.63) is 23.9 Å². The number of piperidine rings is 1. The highest BCUT2D eigenvalue weighted by atomic mass is 16.3. The van der Waals surface area contributed by atoms with Crippen LogP contribution in [0, 0.1) is 11.3 Å². The van der Waals surface area contributed by atoms with Gasteiger partial charge in [0.05, 0.1) is 11.7 Å². The fourth-order valence-corrected chi connectivity index (χ4v) is 3.70. The van der Waals surface area contributed by atoms with Crippen LogP contribution in [0.15, 0.2) is 18.3 Å². The van der Waals surface area contributed by atoms with Gasteiger partial charge < -0.3 is 25.1 Å². The van der Waals surface area contributed by atoms with Crippen LogP contribution in [0.2, 0.25) is 0 Å². The molecule has 0 spiro atoms. The number of carbonyl (C=O) groups is 1. The predicted octanol–water partition coefficient (Wildman–Crippen LogP) is 0.632. The molecule has 1 atom stereocenters. The largest absolute Gasteiger partial charge is 0.392 e. The van der Waals surface area contributed by atoms with Crippen LogP contribution in [0.3, 0.4) is 0 Å². The van der Waals surface area contributed by atoms with Crippen molar-refractivity contribution in [3.63, 3.8) is 0 Å². The highest BCUT2D eigenvalue weighted by Crippen LogP contribution is 2.18. The first-order valence-corrected chi connectivity index (χ1v) is 9.70. The molecule has 1 aromatic heterocycles. The maximum absolute atomic E-state index is 12.3. The van der Waals surface area contributed by atoms with Gasteiger partial charge in [0.15, 0.2) is 0 Å². The number of rotatable bonds is 5. The summed E-state index contributed by atoms with van der Waals surface area (Å²) in [7, 11) is 0. The molecular weight excluding hydrogens is 344 g/mol. The molecule has 0 aliphatic carbocycles. The van der Waals surface area contributed by atoms with Crippen molar-refractivity contribution in [2.24, 2.45) is 0 Å². The SMILES string of the molecule is N#Cc1cccnc1N1CCN(C(=O)NCCCN2CCC[C@@H](O)C2)CC1. The lowest BCUT2D eigenvalue weighted by molar-refractivity contribution is 0.0702. The molecule has 27 heavy (non-hydrogen) atoms. The topological polar surface area (TPSA) is 95.7 Å². The molecule has 2 fully saturated rings. The summed E-state index contributed by atoms with van der Waals surface area (Å²) in [5, 5.41) is 21.9. The van der Waals surface area contributed by atoms with E-state index in [1.54, 1.807) is 18.3 Å². The summed E-state index contributed by atoms with van der Waals surface area (Å²) in [6.07, 6.45) is 4.31. The molecule has 0 aromatic carbocycles. The number of piperazine rings is 1. The zero-order chi connectivity index (χ0) is 19.1. The number of nitriles is 1. The zero-order valence-corrected chi connectivity index (χ0v) is 15.7. The summed E-state index contributed by atoms with van der Waals surface area (Å²) >= 11 is 0. The molecule has 0 saturated carbocycles. The van der Waals surface area contributed by atoms with Gasteiger partial charge in [-0.15, -0.1) is 0 Å². The zero-order valence-electron chi connectivity index (χ0n) is 15.7. The Hall–Kier alpha value is -2.37. The Morgan fingerprint density at radius 1 is 1.33 bits per heavy atom. The number of aromatic nitrogens is 1. The number of nitrogens with one attached hydrogen (secondary N) is 1. The maximum atomic E-state index is 12.3. The van der Waals surface area contributed by atoms with Crippen molar-refractivity contribution in [1.82, 2.24) is 20.1 Å². The summed E-state index contributed by atoms with van der Waals surface area (Å²) in [6.45, 7) is 5.90. The van der Waals surface area contributed by atoms with E-state index in [9.17, 15) is 15.2 Å². The third-order valence-electron chi connectivity index (χ3n) is 5.18. The Balaban J connectivity index is 1.37. The normalized spacial score (nSPS) is 21.0. The van der Waals surface area contributed by atoms with Crippen molar-refractivity contribution in [2.45, 2.75) is 25.4 Å².